The number of nitrogens with zero attached hydrogens (tertiary/aromatic N) is 5. The first-order valence-electron chi connectivity index (χ1n) is 51.6. The lowest BCUT2D eigenvalue weighted by Gasteiger charge is -2.19. The van der Waals surface area contributed by atoms with Crippen LogP contribution in [0.5, 0.6) is 0 Å². The molecule has 0 N–H and O–H groups in total. The van der Waals surface area contributed by atoms with E-state index in [0.717, 1.165) is 97.6 Å². The molecule has 13 heteroatoms. The Kier molecular flexibility index (Phi) is 14.9. The minimum absolute atomic E-state index is 0.0116. The van der Waals surface area contributed by atoms with Gasteiger partial charge in [0.2, 0.25) is 0 Å². The van der Waals surface area contributed by atoms with Gasteiger partial charge in [0.25, 0.3) is 33.4 Å². The topological polar surface area (TPSA) is 143 Å². The standard InChI is InChI=1S/C45H35NO2.C43H33N3O2.C43H35NO2Si2/c1-19(2)46-42(47)38-31-17-29-23-11-9-21(44(3,4)5)15-25(23)27-13-20-14-28-26-16-22(45(6,7)8)10-12-24(26)30-18-32(39(38)43(46)48)37-36(31)40(34(27)29)33(20)41(37)35(28)30;1-17(2)46-40(47)36-25-11-23-27-15-44-29(42(3,4)5)13-19(27)21-9-18-10-22-20-14-30(43(6,7)8)45-16-28(20)24-12-26(37(36)41(46)48)35-34(25)38(32(21)23)31(18)39(35)33(22)24;1-19(2)44-42(45)38-31-17-29-23-11-9-21(47(3,4)5)15-25(23)27-13-20-14-28-26-16-22(48(6,7)8)10-12-24(26)30-18-32(39(38)43(44)46)37-36(31)40(34(27)29)33(20)41(37)35(28)30/h9-19H,1-8H3;9-17H,1-8H3;9-19H,1-8H3. The lowest BCUT2D eigenvalue weighted by Crippen LogP contribution is -2.37. The van der Waals surface area contributed by atoms with Crippen molar-refractivity contribution in [1.82, 2.24) is 23.7 Å². The van der Waals surface area contributed by atoms with Gasteiger partial charge in [0.1, 0.15) is 0 Å². The van der Waals surface area contributed by atoms with Gasteiger partial charge in [-0.15, -0.1) is 0 Å². The molecule has 33 aromatic rings. The van der Waals surface area contributed by atoms with Crippen LogP contribution in [0.1, 0.15) is 165 Å². The molecule has 0 saturated heterocycles. The summed E-state index contributed by atoms with van der Waals surface area (Å²) in [6, 6.07) is 59.9. The number of benzene rings is 19. The molecule has 0 unspecified atom stereocenters. The third-order valence-corrected chi connectivity index (χ3v) is 39.5. The Bertz CT molecular complexity index is 10300. The van der Waals surface area contributed by atoms with Gasteiger partial charge in [-0.05, 0) is 441 Å². The fourth-order valence-corrected chi connectivity index (χ4v) is 31.1. The quantitative estimate of drug-likeness (QED) is 0.122. The first-order valence-corrected chi connectivity index (χ1v) is 58.6. The Morgan fingerprint density at radius 3 is 0.618 bits per heavy atom. The summed E-state index contributed by atoms with van der Waals surface area (Å²) in [6.45, 7) is 53.0. The fourth-order valence-electron chi connectivity index (χ4n) is 28.8. The molecule has 0 radical (unpaired) electrons. The monoisotopic (exact) mass is 1900 g/mol. The van der Waals surface area contributed by atoms with Crippen LogP contribution in [-0.2, 0) is 21.7 Å². The summed E-state index contributed by atoms with van der Waals surface area (Å²) in [5.74, 6) is 0. The summed E-state index contributed by atoms with van der Waals surface area (Å²) >= 11 is 0. The first kappa shape index (κ1) is 83.8. The number of hydrogen-bond acceptors (Lipinski definition) is 8. The molecular formula is C131H103N5O6Si2. The number of aromatic nitrogens is 5. The van der Waals surface area contributed by atoms with Crippen LogP contribution < -0.4 is 43.7 Å². The number of rotatable bonds is 5. The van der Waals surface area contributed by atoms with E-state index < -0.39 is 16.1 Å². The molecule has 0 spiro atoms. The number of hydrogen-bond donors (Lipinski definition) is 0. The molecular weight excluding hydrogens is 1800 g/mol. The second-order valence-corrected chi connectivity index (χ2v) is 60.8. The van der Waals surface area contributed by atoms with Crippen LogP contribution in [0.2, 0.25) is 39.3 Å². The average Bonchev–Trinajstić information content (AvgIpc) is 1.49. The van der Waals surface area contributed by atoms with Gasteiger partial charge >= 0.3 is 0 Å². The van der Waals surface area contributed by atoms with Crippen molar-refractivity contribution in [3.8, 4) is 0 Å². The molecule has 11 nitrogen and oxygen atoms in total. The van der Waals surface area contributed by atoms with Crippen LogP contribution in [0.3, 0.4) is 0 Å². The molecule has 0 aliphatic carbocycles. The number of fused-ring (bicyclic) bond motifs is 27. The third kappa shape index (κ3) is 9.61. The Morgan fingerprint density at radius 1 is 0.194 bits per heavy atom. The SMILES string of the molecule is CC(C)n1c(=O)c2c3cc4c5ccc(C(C)(C)C)cc5c5cc6cc7c8cc(C(C)(C)C)ccc8c8cc(c2c1=O)c1c3c(c54)c6c1c78.CC(C)n1c(=O)c2c3cc4c5ccc([Si](C)(C)C)cc5c5cc6cc7c8cc([Si](C)(C)C)ccc8c8cc(c2c1=O)c1c3c(c54)c6c1c78.CC(C)n1c(=O)c2c3cc4c5cnc(C(C)(C)C)cc5c5cc6cc7c8cc(C(C)(C)C)ncc8c8cc(c2c1=O)c1c3c(c54)c6c1c78. The molecule has 0 aliphatic heterocycles. The van der Waals surface area contributed by atoms with Crippen molar-refractivity contribution in [1.29, 1.82) is 0 Å². The molecule has 696 valence electrons. The van der Waals surface area contributed by atoms with E-state index in [1.54, 1.807) is 0 Å². The summed E-state index contributed by atoms with van der Waals surface area (Å²) in [4.78, 5) is 96.3. The summed E-state index contributed by atoms with van der Waals surface area (Å²) in [7, 11) is -3.15. The maximum Gasteiger partial charge on any atom is 0.262 e. The summed E-state index contributed by atoms with van der Waals surface area (Å²) in [5.41, 5.74) is 3.48. The van der Waals surface area contributed by atoms with Crippen LogP contribution in [0.15, 0.2) is 199 Å². The first-order chi connectivity index (χ1) is 68.3. The van der Waals surface area contributed by atoms with Gasteiger partial charge in [-0.2, -0.15) is 0 Å². The van der Waals surface area contributed by atoms with E-state index in [1.165, 1.54) is 240 Å². The summed E-state index contributed by atoms with van der Waals surface area (Å²) in [6.07, 6.45) is 4.05. The molecule has 0 amide bonds. The van der Waals surface area contributed by atoms with Crippen LogP contribution in [0, 0.1) is 0 Å². The van der Waals surface area contributed by atoms with Crippen LogP contribution in [0.4, 0.5) is 0 Å². The van der Waals surface area contributed by atoms with Crippen molar-refractivity contribution in [2.24, 2.45) is 0 Å². The van der Waals surface area contributed by atoms with Gasteiger partial charge in [0, 0.05) is 63.5 Å². The molecule has 0 fully saturated rings. The molecule has 5 heterocycles. The molecule has 144 heavy (non-hydrogen) atoms. The van der Waals surface area contributed by atoms with Gasteiger partial charge in [-0.25, -0.2) is 0 Å². The van der Waals surface area contributed by atoms with E-state index >= 15 is 0 Å². The fraction of sp³-hybridized carbons (Fsp3) is 0.237. The minimum Gasteiger partial charge on any atom is -0.272 e. The molecule has 0 atom stereocenters. The van der Waals surface area contributed by atoms with E-state index in [4.69, 9.17) is 9.97 Å². The highest BCUT2D eigenvalue weighted by molar-refractivity contribution is 6.89. The molecule has 0 saturated carbocycles. The number of pyridine rings is 2. The Balaban J connectivity index is 0.0000000986. The summed E-state index contributed by atoms with van der Waals surface area (Å²) in [5, 5.41) is 70.4. The van der Waals surface area contributed by atoms with Crippen molar-refractivity contribution in [3.05, 3.63) is 255 Å². The molecule has 0 aliphatic rings. The van der Waals surface area contributed by atoms with Gasteiger partial charge in [-0.1, -0.05) is 193 Å². The maximum absolute atomic E-state index is 14.4. The maximum atomic E-state index is 14.4. The zero-order valence-electron chi connectivity index (χ0n) is 85.6. The van der Waals surface area contributed by atoms with Crippen molar-refractivity contribution in [2.75, 3.05) is 0 Å². The Labute approximate surface area is 825 Å². The normalized spacial score (nSPS) is 14.2. The largest absolute Gasteiger partial charge is 0.272 e. The predicted octanol–water partition coefficient (Wildman–Crippen LogP) is 31.9. The zero-order chi connectivity index (χ0) is 99.2. The molecule has 33 rings (SSSR count). The van der Waals surface area contributed by atoms with Gasteiger partial charge in [-0.3, -0.25) is 52.4 Å². The zero-order valence-corrected chi connectivity index (χ0v) is 87.6. The van der Waals surface area contributed by atoms with Crippen molar-refractivity contribution in [3.63, 3.8) is 0 Å². The molecule has 0 bridgehead atoms. The van der Waals surface area contributed by atoms with E-state index in [9.17, 15) is 28.8 Å². The van der Waals surface area contributed by atoms with Gasteiger partial charge < -0.3 is 0 Å². The van der Waals surface area contributed by atoms with Crippen molar-refractivity contribution in [2.45, 2.75) is 204 Å². The highest BCUT2D eigenvalue weighted by Gasteiger charge is 2.40. The lowest BCUT2D eigenvalue weighted by molar-refractivity contribution is 0.570. The minimum atomic E-state index is -1.57. The van der Waals surface area contributed by atoms with Crippen LogP contribution in [-0.4, -0.2) is 39.8 Å². The van der Waals surface area contributed by atoms with Crippen LogP contribution >= 0.6 is 0 Å². The Hall–Kier alpha value is -14.8. The van der Waals surface area contributed by atoms with Crippen molar-refractivity contribution < 1.29 is 0 Å². The van der Waals surface area contributed by atoms with E-state index in [2.05, 4.69) is 280 Å². The molecule has 5 aromatic heterocycles. The second-order valence-electron chi connectivity index (χ2n) is 50.7. The smallest absolute Gasteiger partial charge is 0.262 e. The van der Waals surface area contributed by atoms with Crippen LogP contribution in [0.25, 0.3) is 323 Å². The predicted molar refractivity (Wildman–Crippen MR) is 625 cm³/mol. The highest BCUT2D eigenvalue weighted by Crippen LogP contribution is 2.64. The van der Waals surface area contributed by atoms with E-state index in [-0.39, 0.29) is 73.1 Å². The lowest BCUT2D eigenvalue weighted by atomic mass is 9.86. The Morgan fingerprint density at radius 2 is 0.403 bits per heavy atom. The second kappa shape index (κ2) is 25.5. The highest BCUT2D eigenvalue weighted by atomic mass is 28.3. The summed E-state index contributed by atoms with van der Waals surface area (Å²) < 4.78 is 4.43. The van der Waals surface area contributed by atoms with Gasteiger partial charge in [0.15, 0.2) is 0 Å². The van der Waals surface area contributed by atoms with Crippen molar-refractivity contribution >= 4 is 350 Å². The van der Waals surface area contributed by atoms with E-state index in [0.29, 0.717) is 32.3 Å². The third-order valence-electron chi connectivity index (χ3n) is 35.4. The van der Waals surface area contributed by atoms with Gasteiger partial charge in [0.05, 0.1) is 48.5 Å². The van der Waals surface area contributed by atoms with E-state index in [1.807, 2.05) is 53.9 Å². The average molecular weight is 1900 g/mol. The molecule has 28 aromatic carbocycles.